The van der Waals surface area contributed by atoms with E-state index in [0.717, 1.165) is 28.3 Å². The fourth-order valence-electron chi connectivity index (χ4n) is 0.943. The Balaban J connectivity index is 2.89. The second-order valence-electron chi connectivity index (χ2n) is 2.73. The van der Waals surface area contributed by atoms with E-state index in [-0.39, 0.29) is 0 Å². The summed E-state index contributed by atoms with van der Waals surface area (Å²) in [6, 6.07) is 5.75. The Morgan fingerprint density at radius 1 is 1.46 bits per heavy atom. The van der Waals surface area contributed by atoms with Gasteiger partial charge in [-0.3, -0.25) is 0 Å². The summed E-state index contributed by atoms with van der Waals surface area (Å²) in [4.78, 5) is 0. The van der Waals surface area contributed by atoms with Crippen LogP contribution in [0.3, 0.4) is 0 Å². The monoisotopic (exact) mass is 210 g/mol. The lowest BCUT2D eigenvalue weighted by atomic mass is 10.1. The van der Waals surface area contributed by atoms with Crippen LogP contribution in [0.1, 0.15) is 17.5 Å². The molecule has 0 nitrogen and oxygen atoms in total. The number of rotatable bonds is 1. The number of thiol groups is 1. The molecule has 0 unspecified atom stereocenters. The maximum Gasteiger partial charge on any atom is 0.0418 e. The SMILES string of the molecule is Cc1ccc(Cl)cc1C#CCCS. The van der Waals surface area contributed by atoms with Crippen LogP contribution in [0, 0.1) is 18.8 Å². The normalized spacial score (nSPS) is 9.15. The van der Waals surface area contributed by atoms with Gasteiger partial charge >= 0.3 is 0 Å². The number of halogens is 1. The Bertz CT molecular complexity index is 347. The Morgan fingerprint density at radius 3 is 2.92 bits per heavy atom. The van der Waals surface area contributed by atoms with Gasteiger partial charge in [-0.2, -0.15) is 12.6 Å². The van der Waals surface area contributed by atoms with Crippen LogP contribution in [0.4, 0.5) is 0 Å². The zero-order valence-corrected chi connectivity index (χ0v) is 9.12. The van der Waals surface area contributed by atoms with Gasteiger partial charge in [-0.1, -0.05) is 29.5 Å². The summed E-state index contributed by atoms with van der Waals surface area (Å²) in [5.41, 5.74) is 2.17. The number of aryl methyl sites for hydroxylation is 1. The van der Waals surface area contributed by atoms with E-state index in [2.05, 4.69) is 24.5 Å². The van der Waals surface area contributed by atoms with Gasteiger partial charge in [0, 0.05) is 22.8 Å². The van der Waals surface area contributed by atoms with E-state index in [9.17, 15) is 0 Å². The Labute approximate surface area is 89.7 Å². The molecule has 0 atom stereocenters. The quantitative estimate of drug-likeness (QED) is 0.534. The van der Waals surface area contributed by atoms with Gasteiger partial charge in [-0.25, -0.2) is 0 Å². The van der Waals surface area contributed by atoms with Crippen LogP contribution in [0.25, 0.3) is 0 Å². The topological polar surface area (TPSA) is 0 Å². The van der Waals surface area contributed by atoms with Gasteiger partial charge in [-0.05, 0) is 24.6 Å². The highest BCUT2D eigenvalue weighted by molar-refractivity contribution is 7.80. The van der Waals surface area contributed by atoms with Gasteiger partial charge in [0.05, 0.1) is 0 Å². The lowest BCUT2D eigenvalue weighted by Gasteiger charge is -1.97. The van der Waals surface area contributed by atoms with Crippen molar-refractivity contribution in [3.8, 4) is 11.8 Å². The number of hydrogen-bond acceptors (Lipinski definition) is 1. The molecule has 0 fully saturated rings. The predicted molar refractivity (Wildman–Crippen MR) is 61.5 cm³/mol. The second-order valence-corrected chi connectivity index (χ2v) is 3.62. The van der Waals surface area contributed by atoms with Crippen LogP contribution >= 0.6 is 24.2 Å². The summed E-state index contributed by atoms with van der Waals surface area (Å²) >= 11 is 9.93. The van der Waals surface area contributed by atoms with Crippen molar-refractivity contribution < 1.29 is 0 Å². The van der Waals surface area contributed by atoms with Crippen molar-refractivity contribution in [3.05, 3.63) is 34.3 Å². The molecule has 0 amide bonds. The van der Waals surface area contributed by atoms with Gasteiger partial charge in [0.1, 0.15) is 0 Å². The van der Waals surface area contributed by atoms with E-state index in [4.69, 9.17) is 11.6 Å². The largest absolute Gasteiger partial charge is 0.178 e. The third kappa shape index (κ3) is 3.34. The molecule has 0 saturated carbocycles. The first-order valence-corrected chi connectivity index (χ1v) is 5.11. The van der Waals surface area contributed by atoms with Crippen molar-refractivity contribution in [2.45, 2.75) is 13.3 Å². The van der Waals surface area contributed by atoms with E-state index < -0.39 is 0 Å². The smallest absolute Gasteiger partial charge is 0.0418 e. The van der Waals surface area contributed by atoms with Crippen molar-refractivity contribution in [2.75, 3.05) is 5.75 Å². The molecule has 0 aromatic heterocycles. The molecule has 0 N–H and O–H groups in total. The summed E-state index contributed by atoms with van der Waals surface area (Å²) in [6.07, 6.45) is 0.815. The van der Waals surface area contributed by atoms with E-state index in [1.807, 2.05) is 25.1 Å². The van der Waals surface area contributed by atoms with E-state index in [1.165, 1.54) is 0 Å². The molecule has 0 aliphatic carbocycles. The third-order valence-corrected chi connectivity index (χ3v) is 2.12. The molecule has 1 aromatic rings. The summed E-state index contributed by atoms with van der Waals surface area (Å²) < 4.78 is 0. The predicted octanol–water partition coefficient (Wildman–Crippen LogP) is 3.32. The minimum Gasteiger partial charge on any atom is -0.178 e. The van der Waals surface area contributed by atoms with Crippen molar-refractivity contribution >= 4 is 24.2 Å². The number of benzene rings is 1. The van der Waals surface area contributed by atoms with Crippen LogP contribution in [-0.2, 0) is 0 Å². The Kier molecular flexibility index (Phi) is 4.21. The van der Waals surface area contributed by atoms with Crippen molar-refractivity contribution in [2.24, 2.45) is 0 Å². The van der Waals surface area contributed by atoms with E-state index >= 15 is 0 Å². The number of hydrogen-bond donors (Lipinski definition) is 1. The fraction of sp³-hybridized carbons (Fsp3) is 0.273. The van der Waals surface area contributed by atoms with Gasteiger partial charge in [0.15, 0.2) is 0 Å². The first kappa shape index (κ1) is 10.5. The van der Waals surface area contributed by atoms with Crippen LogP contribution < -0.4 is 0 Å². The first-order chi connectivity index (χ1) is 6.24. The molecule has 0 spiro atoms. The molecule has 0 radical (unpaired) electrons. The zero-order chi connectivity index (χ0) is 9.68. The molecule has 0 bridgehead atoms. The zero-order valence-electron chi connectivity index (χ0n) is 7.47. The molecule has 0 heterocycles. The molecule has 1 rings (SSSR count). The molecule has 0 aliphatic rings. The minimum atomic E-state index is 0.737. The summed E-state index contributed by atoms with van der Waals surface area (Å²) in [6.45, 7) is 2.03. The van der Waals surface area contributed by atoms with Gasteiger partial charge in [0.2, 0.25) is 0 Å². The highest BCUT2D eigenvalue weighted by atomic mass is 35.5. The van der Waals surface area contributed by atoms with Crippen molar-refractivity contribution in [1.29, 1.82) is 0 Å². The average Bonchev–Trinajstić information content (AvgIpc) is 2.11. The molecule has 13 heavy (non-hydrogen) atoms. The van der Waals surface area contributed by atoms with E-state index in [1.54, 1.807) is 0 Å². The molecule has 68 valence electrons. The second kappa shape index (κ2) is 5.21. The highest BCUT2D eigenvalue weighted by Crippen LogP contribution is 2.14. The molecule has 2 heteroatoms. The van der Waals surface area contributed by atoms with Crippen molar-refractivity contribution in [1.82, 2.24) is 0 Å². The summed E-state index contributed by atoms with van der Waals surface area (Å²) in [5, 5.41) is 0.737. The highest BCUT2D eigenvalue weighted by Gasteiger charge is 1.94. The lowest BCUT2D eigenvalue weighted by molar-refractivity contribution is 1.31. The first-order valence-electron chi connectivity index (χ1n) is 4.10. The molecular formula is C11H11ClS. The van der Waals surface area contributed by atoms with Gasteiger partial charge in [-0.15, -0.1) is 0 Å². The average molecular weight is 211 g/mol. The molecule has 0 aliphatic heterocycles. The Morgan fingerprint density at radius 2 is 2.23 bits per heavy atom. The van der Waals surface area contributed by atoms with Crippen LogP contribution in [0.15, 0.2) is 18.2 Å². The minimum absolute atomic E-state index is 0.737. The van der Waals surface area contributed by atoms with Crippen LogP contribution in [0.5, 0.6) is 0 Å². The Hall–Kier alpha value is -0.580. The fourth-order valence-corrected chi connectivity index (χ4v) is 1.23. The maximum absolute atomic E-state index is 5.85. The summed E-state index contributed by atoms with van der Waals surface area (Å²) in [7, 11) is 0. The van der Waals surface area contributed by atoms with Crippen molar-refractivity contribution in [3.63, 3.8) is 0 Å². The summed E-state index contributed by atoms with van der Waals surface area (Å²) in [5.74, 6) is 6.90. The molecule has 0 saturated heterocycles. The maximum atomic E-state index is 5.85. The molecule has 1 aromatic carbocycles. The molecular weight excluding hydrogens is 200 g/mol. The van der Waals surface area contributed by atoms with Crippen LogP contribution in [0.2, 0.25) is 5.02 Å². The van der Waals surface area contributed by atoms with Crippen LogP contribution in [-0.4, -0.2) is 5.75 Å². The third-order valence-electron chi connectivity index (χ3n) is 1.66. The van der Waals surface area contributed by atoms with E-state index in [0.29, 0.717) is 0 Å². The standard InChI is InChI=1S/C11H11ClS/c1-9-5-6-11(12)8-10(9)4-2-3-7-13/h5-6,8,13H,3,7H2,1H3. The van der Waals surface area contributed by atoms with Gasteiger partial charge in [0.25, 0.3) is 0 Å². The lowest BCUT2D eigenvalue weighted by Crippen LogP contribution is -1.81. The van der Waals surface area contributed by atoms with Gasteiger partial charge < -0.3 is 0 Å².